The summed E-state index contributed by atoms with van der Waals surface area (Å²) in [6.07, 6.45) is 0.381. The van der Waals surface area contributed by atoms with E-state index in [0.29, 0.717) is 6.42 Å². The fourth-order valence-corrected chi connectivity index (χ4v) is 2.22. The van der Waals surface area contributed by atoms with Crippen molar-refractivity contribution in [2.24, 2.45) is 0 Å². The number of carbonyl (C=O) groups is 1. The van der Waals surface area contributed by atoms with Crippen molar-refractivity contribution in [2.45, 2.75) is 19.3 Å². The molecule has 0 N–H and O–H groups in total. The van der Waals surface area contributed by atoms with Crippen molar-refractivity contribution < 1.29 is 4.79 Å². The number of hydrogen-bond acceptors (Lipinski definition) is 1. The summed E-state index contributed by atoms with van der Waals surface area (Å²) in [6, 6.07) is 18.5. The van der Waals surface area contributed by atoms with Crippen molar-refractivity contribution in [2.75, 3.05) is 0 Å². The Morgan fingerprint density at radius 1 is 1.00 bits per heavy atom. The van der Waals surface area contributed by atoms with Gasteiger partial charge in [0, 0.05) is 6.42 Å². The Labute approximate surface area is 112 Å². The van der Waals surface area contributed by atoms with Gasteiger partial charge >= 0.3 is 0 Å². The summed E-state index contributed by atoms with van der Waals surface area (Å²) in [7, 11) is 0. The van der Waals surface area contributed by atoms with E-state index < -0.39 is 0 Å². The summed E-state index contributed by atoms with van der Waals surface area (Å²) in [6.45, 7) is 2.01. The highest BCUT2D eigenvalue weighted by molar-refractivity contribution is 6.63. The minimum absolute atomic E-state index is 0.167. The normalized spacial score (nSPS) is 12.1. The Balaban J connectivity index is 2.18. The van der Waals surface area contributed by atoms with Crippen LogP contribution >= 0.6 is 11.6 Å². The van der Waals surface area contributed by atoms with Crippen LogP contribution in [0.3, 0.4) is 0 Å². The number of halogens is 1. The molecule has 0 aliphatic rings. The Bertz CT molecular complexity index is 517. The average molecular weight is 259 g/mol. The van der Waals surface area contributed by atoms with Crippen LogP contribution in [0.4, 0.5) is 0 Å². The maximum Gasteiger partial charge on any atom is 0.222 e. The molecule has 0 aliphatic heterocycles. The zero-order chi connectivity index (χ0) is 13.0. The van der Waals surface area contributed by atoms with Crippen molar-refractivity contribution in [1.29, 1.82) is 0 Å². The summed E-state index contributed by atoms with van der Waals surface area (Å²) >= 11 is 5.41. The molecule has 0 aromatic heterocycles. The van der Waals surface area contributed by atoms with Gasteiger partial charge in [-0.05, 0) is 34.2 Å². The van der Waals surface area contributed by atoms with Crippen LogP contribution in [0.25, 0.3) is 11.1 Å². The third-order valence-corrected chi connectivity index (χ3v) is 3.21. The SMILES string of the molecule is CC(CC(=O)Cl)c1ccc(-c2ccccc2)cc1. The van der Waals surface area contributed by atoms with Gasteiger partial charge in [0.1, 0.15) is 0 Å². The zero-order valence-electron chi connectivity index (χ0n) is 10.3. The molecule has 0 amide bonds. The highest BCUT2D eigenvalue weighted by Crippen LogP contribution is 2.24. The van der Waals surface area contributed by atoms with Crippen molar-refractivity contribution in [3.05, 3.63) is 60.2 Å². The van der Waals surface area contributed by atoms with Gasteiger partial charge in [-0.15, -0.1) is 0 Å². The van der Waals surface area contributed by atoms with E-state index in [-0.39, 0.29) is 11.2 Å². The lowest BCUT2D eigenvalue weighted by Gasteiger charge is -2.10. The first-order valence-electron chi connectivity index (χ1n) is 6.00. The van der Waals surface area contributed by atoms with E-state index in [1.54, 1.807) is 0 Å². The van der Waals surface area contributed by atoms with Gasteiger partial charge in [-0.1, -0.05) is 61.5 Å². The lowest BCUT2D eigenvalue weighted by atomic mass is 9.96. The van der Waals surface area contributed by atoms with E-state index in [4.69, 9.17) is 11.6 Å². The van der Waals surface area contributed by atoms with Crippen LogP contribution in [0.15, 0.2) is 54.6 Å². The minimum Gasteiger partial charge on any atom is -0.281 e. The molecule has 0 saturated carbocycles. The Hall–Kier alpha value is -1.60. The van der Waals surface area contributed by atoms with E-state index in [1.807, 2.05) is 25.1 Å². The molecule has 92 valence electrons. The number of carbonyl (C=O) groups excluding carboxylic acids is 1. The second-order valence-corrected chi connectivity index (χ2v) is 4.87. The van der Waals surface area contributed by atoms with Crippen molar-refractivity contribution in [1.82, 2.24) is 0 Å². The maximum atomic E-state index is 10.9. The minimum atomic E-state index is -0.283. The van der Waals surface area contributed by atoms with Crippen LogP contribution in [0.1, 0.15) is 24.8 Å². The molecule has 2 heteroatoms. The first-order valence-corrected chi connectivity index (χ1v) is 6.38. The molecule has 2 aromatic rings. The quantitative estimate of drug-likeness (QED) is 0.732. The summed E-state index contributed by atoms with van der Waals surface area (Å²) in [4.78, 5) is 10.9. The lowest BCUT2D eigenvalue weighted by Crippen LogP contribution is -1.98. The molecule has 2 aromatic carbocycles. The summed E-state index contributed by atoms with van der Waals surface area (Å²) in [5.41, 5.74) is 3.53. The topological polar surface area (TPSA) is 17.1 Å². The van der Waals surface area contributed by atoms with Gasteiger partial charge in [0.15, 0.2) is 0 Å². The monoisotopic (exact) mass is 258 g/mol. The van der Waals surface area contributed by atoms with Crippen LogP contribution in [0.2, 0.25) is 0 Å². The molecule has 0 spiro atoms. The van der Waals surface area contributed by atoms with Gasteiger partial charge in [0.25, 0.3) is 0 Å². The molecule has 0 heterocycles. The molecule has 18 heavy (non-hydrogen) atoms. The molecule has 1 nitrogen and oxygen atoms in total. The Morgan fingerprint density at radius 2 is 1.56 bits per heavy atom. The van der Waals surface area contributed by atoms with Crippen molar-refractivity contribution in [3.63, 3.8) is 0 Å². The van der Waals surface area contributed by atoms with E-state index in [1.165, 1.54) is 11.1 Å². The molecule has 0 saturated heterocycles. The van der Waals surface area contributed by atoms with E-state index in [0.717, 1.165) is 5.56 Å². The number of hydrogen-bond donors (Lipinski definition) is 0. The predicted octanol–water partition coefficient (Wildman–Crippen LogP) is 4.61. The molecule has 1 atom stereocenters. The second-order valence-electron chi connectivity index (χ2n) is 4.45. The fourth-order valence-electron chi connectivity index (χ4n) is 1.99. The third-order valence-electron chi connectivity index (χ3n) is 3.05. The fraction of sp³-hybridized carbons (Fsp3) is 0.188. The summed E-state index contributed by atoms with van der Waals surface area (Å²) in [5.74, 6) is 0.167. The molecule has 0 bridgehead atoms. The van der Waals surface area contributed by atoms with Crippen molar-refractivity contribution in [3.8, 4) is 11.1 Å². The molecular formula is C16H15ClO. The van der Waals surface area contributed by atoms with Gasteiger partial charge in [0.2, 0.25) is 5.24 Å². The summed E-state index contributed by atoms with van der Waals surface area (Å²) < 4.78 is 0. The molecular weight excluding hydrogens is 244 g/mol. The van der Waals surface area contributed by atoms with Crippen LogP contribution in [-0.4, -0.2) is 5.24 Å². The van der Waals surface area contributed by atoms with Gasteiger partial charge in [-0.3, -0.25) is 4.79 Å². The van der Waals surface area contributed by atoms with Gasteiger partial charge < -0.3 is 0 Å². The van der Waals surface area contributed by atoms with Crippen molar-refractivity contribution >= 4 is 16.8 Å². The van der Waals surface area contributed by atoms with E-state index in [9.17, 15) is 4.79 Å². The summed E-state index contributed by atoms with van der Waals surface area (Å²) in [5, 5.41) is -0.283. The molecule has 0 fully saturated rings. The predicted molar refractivity (Wildman–Crippen MR) is 75.8 cm³/mol. The van der Waals surface area contributed by atoms with Gasteiger partial charge in [-0.2, -0.15) is 0 Å². The highest BCUT2D eigenvalue weighted by Gasteiger charge is 2.09. The average Bonchev–Trinajstić information content (AvgIpc) is 2.39. The Morgan fingerprint density at radius 3 is 2.11 bits per heavy atom. The number of rotatable bonds is 4. The highest BCUT2D eigenvalue weighted by atomic mass is 35.5. The van der Waals surface area contributed by atoms with Crippen LogP contribution in [0.5, 0.6) is 0 Å². The lowest BCUT2D eigenvalue weighted by molar-refractivity contribution is -0.111. The molecule has 0 radical (unpaired) electrons. The standard InChI is InChI=1S/C16H15ClO/c1-12(11-16(17)18)13-7-9-15(10-8-13)14-5-3-2-4-6-14/h2-10,12H,11H2,1H3. The first-order chi connectivity index (χ1) is 8.66. The van der Waals surface area contributed by atoms with Crippen LogP contribution in [-0.2, 0) is 4.79 Å². The molecule has 0 aliphatic carbocycles. The largest absolute Gasteiger partial charge is 0.281 e. The maximum absolute atomic E-state index is 10.9. The number of benzene rings is 2. The first kappa shape index (κ1) is 12.8. The van der Waals surface area contributed by atoms with Crippen LogP contribution < -0.4 is 0 Å². The van der Waals surface area contributed by atoms with Gasteiger partial charge in [-0.25, -0.2) is 0 Å². The van der Waals surface area contributed by atoms with Crippen LogP contribution in [0, 0.1) is 0 Å². The third kappa shape index (κ3) is 3.21. The Kier molecular flexibility index (Phi) is 4.16. The van der Waals surface area contributed by atoms with E-state index in [2.05, 4.69) is 36.4 Å². The molecule has 2 rings (SSSR count). The van der Waals surface area contributed by atoms with Gasteiger partial charge in [0.05, 0.1) is 0 Å². The smallest absolute Gasteiger partial charge is 0.222 e. The van der Waals surface area contributed by atoms with E-state index >= 15 is 0 Å². The zero-order valence-corrected chi connectivity index (χ0v) is 11.0. The molecule has 1 unspecified atom stereocenters. The second kappa shape index (κ2) is 5.83.